The fourth-order valence-electron chi connectivity index (χ4n) is 2.04. The van der Waals surface area contributed by atoms with Crippen molar-refractivity contribution >= 4 is 35.7 Å². The first kappa shape index (κ1) is 19.2. The zero-order valence-corrected chi connectivity index (χ0v) is 14.6. The van der Waals surface area contributed by atoms with E-state index in [-0.39, 0.29) is 23.6 Å². The van der Waals surface area contributed by atoms with Gasteiger partial charge in [-0.05, 0) is 35.7 Å². The number of nitrogens with one attached hydrogen (secondary N) is 1. The lowest BCUT2D eigenvalue weighted by Crippen LogP contribution is -2.37. The summed E-state index contributed by atoms with van der Waals surface area (Å²) < 4.78 is 0. The number of carbonyl (C=O) groups excluding carboxylic acids is 1. The van der Waals surface area contributed by atoms with Gasteiger partial charge < -0.3 is 10.2 Å². The fraction of sp³-hybridized carbons (Fsp3) is 0.312. The molecule has 0 unspecified atom stereocenters. The third-order valence-electron chi connectivity index (χ3n) is 3.00. The minimum Gasteiger partial charge on any atom is -0.320 e. The van der Waals surface area contributed by atoms with Gasteiger partial charge in [0.2, 0.25) is 0 Å². The van der Waals surface area contributed by atoms with Gasteiger partial charge in [0.25, 0.3) is 0 Å². The van der Waals surface area contributed by atoms with Gasteiger partial charge >= 0.3 is 6.03 Å². The Morgan fingerprint density at radius 1 is 1.26 bits per heavy atom. The van der Waals surface area contributed by atoms with Crippen molar-refractivity contribution in [1.82, 2.24) is 14.9 Å². The van der Waals surface area contributed by atoms with E-state index in [2.05, 4.69) is 29.1 Å². The summed E-state index contributed by atoms with van der Waals surface area (Å²) in [5, 5.41) is 3.09. The van der Waals surface area contributed by atoms with Crippen molar-refractivity contribution in [3.05, 3.63) is 53.6 Å². The van der Waals surface area contributed by atoms with Gasteiger partial charge in [0.15, 0.2) is 5.15 Å². The lowest BCUT2D eigenvalue weighted by Gasteiger charge is -2.25. The largest absolute Gasteiger partial charge is 0.322 e. The number of hydrogen-bond acceptors (Lipinski definition) is 3. The van der Waals surface area contributed by atoms with Gasteiger partial charge in [-0.1, -0.05) is 25.4 Å². The van der Waals surface area contributed by atoms with Crippen molar-refractivity contribution < 1.29 is 4.79 Å². The van der Waals surface area contributed by atoms with Gasteiger partial charge in [0.1, 0.15) is 0 Å². The Balaban J connectivity index is 0.00000264. The van der Waals surface area contributed by atoms with Crippen LogP contribution in [0.5, 0.6) is 0 Å². The van der Waals surface area contributed by atoms with Crippen molar-refractivity contribution in [2.24, 2.45) is 5.92 Å². The molecular weight excluding hydrogens is 335 g/mol. The van der Waals surface area contributed by atoms with E-state index in [1.807, 2.05) is 12.1 Å². The Bertz CT molecular complexity index is 622. The maximum Gasteiger partial charge on any atom is 0.322 e. The molecule has 2 aromatic heterocycles. The number of urea groups is 1. The van der Waals surface area contributed by atoms with Crippen molar-refractivity contribution in [3.8, 4) is 0 Å². The molecule has 2 amide bonds. The highest BCUT2D eigenvalue weighted by atomic mass is 35.5. The summed E-state index contributed by atoms with van der Waals surface area (Å²) in [6, 6.07) is 7.07. The molecule has 2 aromatic rings. The van der Waals surface area contributed by atoms with E-state index in [0.717, 1.165) is 5.56 Å². The summed E-state index contributed by atoms with van der Waals surface area (Å²) in [6.45, 7) is 5.31. The lowest BCUT2D eigenvalue weighted by molar-refractivity contribution is 0.201. The molecule has 5 nitrogen and oxygen atoms in total. The molecular formula is C16H20Cl2N4O. The number of aromatic nitrogens is 2. The Kier molecular flexibility index (Phi) is 7.78. The van der Waals surface area contributed by atoms with E-state index in [1.165, 1.54) is 0 Å². The predicted octanol–water partition coefficient (Wildman–Crippen LogP) is 4.24. The first-order chi connectivity index (χ1) is 10.6. The molecule has 2 heterocycles. The zero-order valence-electron chi connectivity index (χ0n) is 13.1. The summed E-state index contributed by atoms with van der Waals surface area (Å²) in [7, 11) is 0. The number of rotatable bonds is 5. The predicted molar refractivity (Wildman–Crippen MR) is 95.0 cm³/mol. The second-order valence-electron chi connectivity index (χ2n) is 5.40. The Morgan fingerprint density at radius 3 is 2.57 bits per heavy atom. The van der Waals surface area contributed by atoms with Gasteiger partial charge in [-0.15, -0.1) is 12.4 Å². The number of amides is 2. The van der Waals surface area contributed by atoms with Crippen LogP contribution in [-0.4, -0.2) is 27.4 Å². The van der Waals surface area contributed by atoms with E-state index >= 15 is 0 Å². The molecule has 0 aliphatic rings. The molecule has 23 heavy (non-hydrogen) atoms. The molecule has 1 N–H and O–H groups in total. The van der Waals surface area contributed by atoms with Gasteiger partial charge in [0.05, 0.1) is 5.69 Å². The Morgan fingerprint density at radius 2 is 1.96 bits per heavy atom. The van der Waals surface area contributed by atoms with Crippen LogP contribution in [0.15, 0.2) is 42.9 Å². The van der Waals surface area contributed by atoms with Crippen LogP contribution < -0.4 is 5.32 Å². The Hall–Kier alpha value is -1.85. The molecule has 0 aliphatic heterocycles. The molecule has 0 fully saturated rings. The lowest BCUT2D eigenvalue weighted by atomic mass is 10.2. The molecule has 124 valence electrons. The highest BCUT2D eigenvalue weighted by Gasteiger charge is 2.16. The van der Waals surface area contributed by atoms with Crippen molar-refractivity contribution in [2.75, 3.05) is 11.9 Å². The SMILES string of the molecule is CC(C)CN(Cc1ccncc1)C(=O)Nc1cccnc1Cl.Cl. The topological polar surface area (TPSA) is 58.1 Å². The van der Waals surface area contributed by atoms with Crippen molar-refractivity contribution in [1.29, 1.82) is 0 Å². The van der Waals surface area contributed by atoms with Crippen molar-refractivity contribution in [3.63, 3.8) is 0 Å². The third kappa shape index (κ3) is 6.04. The average molecular weight is 355 g/mol. The summed E-state index contributed by atoms with van der Waals surface area (Å²) in [5.41, 5.74) is 1.54. The van der Waals surface area contributed by atoms with E-state index in [9.17, 15) is 4.79 Å². The molecule has 7 heteroatoms. The molecule has 0 saturated carbocycles. The highest BCUT2D eigenvalue weighted by Crippen LogP contribution is 2.18. The summed E-state index contributed by atoms with van der Waals surface area (Å²) in [6.07, 6.45) is 5.03. The van der Waals surface area contributed by atoms with E-state index in [1.54, 1.807) is 35.6 Å². The molecule has 2 rings (SSSR count). The molecule has 0 aliphatic carbocycles. The van der Waals surface area contributed by atoms with Crippen LogP contribution in [0.4, 0.5) is 10.5 Å². The van der Waals surface area contributed by atoms with E-state index in [4.69, 9.17) is 11.6 Å². The molecule has 0 atom stereocenters. The van der Waals surface area contributed by atoms with Gasteiger partial charge in [-0.2, -0.15) is 0 Å². The van der Waals surface area contributed by atoms with Crippen LogP contribution in [0, 0.1) is 5.92 Å². The normalized spacial score (nSPS) is 10.1. The van der Waals surface area contributed by atoms with Crippen LogP contribution in [-0.2, 0) is 6.54 Å². The number of nitrogens with zero attached hydrogens (tertiary/aromatic N) is 3. The standard InChI is InChI=1S/C16H19ClN4O.ClH/c1-12(2)10-21(11-13-5-8-18-9-6-13)16(22)20-14-4-3-7-19-15(14)17;/h3-9,12H,10-11H2,1-2H3,(H,20,22);1H. The maximum atomic E-state index is 12.5. The van der Waals surface area contributed by atoms with Crippen LogP contribution in [0.3, 0.4) is 0 Å². The highest BCUT2D eigenvalue weighted by molar-refractivity contribution is 6.32. The minimum absolute atomic E-state index is 0. The Labute approximate surface area is 147 Å². The second-order valence-corrected chi connectivity index (χ2v) is 5.76. The molecule has 0 bridgehead atoms. The van der Waals surface area contributed by atoms with E-state index < -0.39 is 0 Å². The fourth-order valence-corrected chi connectivity index (χ4v) is 2.21. The van der Waals surface area contributed by atoms with Gasteiger partial charge in [0, 0.05) is 31.7 Å². The van der Waals surface area contributed by atoms with Crippen LogP contribution in [0.25, 0.3) is 0 Å². The van der Waals surface area contributed by atoms with Gasteiger partial charge in [-0.3, -0.25) is 4.98 Å². The van der Waals surface area contributed by atoms with Crippen molar-refractivity contribution in [2.45, 2.75) is 20.4 Å². The third-order valence-corrected chi connectivity index (χ3v) is 3.30. The quantitative estimate of drug-likeness (QED) is 0.816. The summed E-state index contributed by atoms with van der Waals surface area (Å²) in [4.78, 5) is 22.2. The number of pyridine rings is 2. The summed E-state index contributed by atoms with van der Waals surface area (Å²) >= 11 is 5.99. The smallest absolute Gasteiger partial charge is 0.320 e. The van der Waals surface area contributed by atoms with Crippen LogP contribution >= 0.6 is 24.0 Å². The number of hydrogen-bond donors (Lipinski definition) is 1. The molecule has 0 saturated heterocycles. The van der Waals surface area contributed by atoms with Gasteiger partial charge in [-0.25, -0.2) is 9.78 Å². The monoisotopic (exact) mass is 354 g/mol. The first-order valence-corrected chi connectivity index (χ1v) is 7.49. The summed E-state index contributed by atoms with van der Waals surface area (Å²) in [5.74, 6) is 0.358. The second kappa shape index (κ2) is 9.33. The molecule has 0 spiro atoms. The molecule has 0 radical (unpaired) electrons. The van der Waals surface area contributed by atoms with Crippen LogP contribution in [0.1, 0.15) is 19.4 Å². The molecule has 0 aromatic carbocycles. The minimum atomic E-state index is -0.194. The first-order valence-electron chi connectivity index (χ1n) is 7.11. The maximum absolute atomic E-state index is 12.5. The number of halogens is 2. The average Bonchev–Trinajstić information content (AvgIpc) is 2.49. The number of anilines is 1. The number of carbonyl (C=O) groups is 1. The van der Waals surface area contributed by atoms with Crippen LogP contribution in [0.2, 0.25) is 5.15 Å². The zero-order chi connectivity index (χ0) is 15.9. The van der Waals surface area contributed by atoms with E-state index in [0.29, 0.717) is 24.7 Å².